The molecule has 1 aromatic heterocycles. The number of nitrogens with zero attached hydrogens (tertiary/aromatic N) is 2. The zero-order chi connectivity index (χ0) is 19.6. The molecule has 3 rings (SSSR count). The number of guanidine groups is 1. The van der Waals surface area contributed by atoms with Crippen LogP contribution in [0.2, 0.25) is 0 Å². The van der Waals surface area contributed by atoms with Crippen molar-refractivity contribution in [3.05, 3.63) is 71.9 Å². The predicted octanol–water partition coefficient (Wildman–Crippen LogP) is 3.93. The first kappa shape index (κ1) is 19.7. The minimum Gasteiger partial charge on any atom is -0.494 e. The Labute approximate surface area is 166 Å². The van der Waals surface area contributed by atoms with Crippen molar-refractivity contribution in [2.24, 2.45) is 4.99 Å². The van der Waals surface area contributed by atoms with E-state index >= 15 is 0 Å². The minimum atomic E-state index is 0.571. The van der Waals surface area contributed by atoms with Crippen LogP contribution in [0, 0.1) is 0 Å². The molecule has 0 fully saturated rings. The third-order valence-electron chi connectivity index (χ3n) is 4.43. The fourth-order valence-electron chi connectivity index (χ4n) is 3.12. The summed E-state index contributed by atoms with van der Waals surface area (Å²) in [5.74, 6) is 1.70. The molecule has 2 N–H and O–H groups in total. The molecule has 146 valence electrons. The predicted molar refractivity (Wildman–Crippen MR) is 116 cm³/mol. The van der Waals surface area contributed by atoms with E-state index in [9.17, 15) is 0 Å². The molecule has 5 heteroatoms. The van der Waals surface area contributed by atoms with E-state index in [2.05, 4.69) is 52.9 Å². The Balaban J connectivity index is 1.64. The molecule has 0 radical (unpaired) electrons. The summed E-state index contributed by atoms with van der Waals surface area (Å²) in [5.41, 5.74) is 3.39. The maximum atomic E-state index is 5.69. The van der Waals surface area contributed by atoms with Crippen LogP contribution >= 0.6 is 0 Å². The lowest BCUT2D eigenvalue weighted by atomic mass is 10.1. The average molecular weight is 377 g/mol. The molecule has 0 spiro atoms. The molecule has 1 heterocycles. The van der Waals surface area contributed by atoms with Gasteiger partial charge in [-0.15, -0.1) is 0 Å². The number of aromatic nitrogens is 1. The monoisotopic (exact) mass is 376 g/mol. The van der Waals surface area contributed by atoms with Crippen LogP contribution in [0.3, 0.4) is 0 Å². The molecule has 0 amide bonds. The number of para-hydroxylation sites is 2. The number of nitrogens with one attached hydrogen (secondary N) is 2. The van der Waals surface area contributed by atoms with Crippen molar-refractivity contribution < 1.29 is 4.74 Å². The second-order valence-corrected chi connectivity index (χ2v) is 6.40. The summed E-state index contributed by atoms with van der Waals surface area (Å²) in [6.07, 6.45) is 2.73. The highest BCUT2D eigenvalue weighted by Crippen LogP contribution is 2.19. The van der Waals surface area contributed by atoms with Gasteiger partial charge in [0.05, 0.1) is 18.7 Å². The molecule has 5 nitrogen and oxygen atoms in total. The normalized spacial score (nSPS) is 11.4. The second-order valence-electron chi connectivity index (χ2n) is 6.40. The number of hydrogen-bond acceptors (Lipinski definition) is 3. The van der Waals surface area contributed by atoms with E-state index in [1.165, 1.54) is 10.9 Å². The molecule has 0 aliphatic heterocycles. The van der Waals surface area contributed by atoms with E-state index in [4.69, 9.17) is 9.73 Å². The van der Waals surface area contributed by atoms with Crippen molar-refractivity contribution in [1.82, 2.24) is 15.6 Å². The summed E-state index contributed by atoms with van der Waals surface area (Å²) in [7, 11) is 0. The van der Waals surface area contributed by atoms with E-state index in [1.54, 1.807) is 0 Å². The van der Waals surface area contributed by atoms with E-state index in [1.807, 2.05) is 37.4 Å². The number of ether oxygens (including phenoxy) is 1. The molecule has 0 saturated carbocycles. The Morgan fingerprint density at radius 2 is 1.79 bits per heavy atom. The standard InChI is InChI=1S/C23H28N4O/c1-3-24-23(27-17-20-9-5-6-13-21(20)28-4-2)26-16-14-19-11-7-10-18-12-8-15-25-22(18)19/h5-13,15H,3-4,14,16-17H2,1-2H3,(H2,24,26,27). The molecule has 2 aromatic carbocycles. The lowest BCUT2D eigenvalue weighted by Crippen LogP contribution is -2.38. The summed E-state index contributed by atoms with van der Waals surface area (Å²) >= 11 is 0. The number of benzene rings is 2. The third kappa shape index (κ3) is 5.22. The number of aliphatic imine (C=N–C) groups is 1. The second kappa shape index (κ2) is 10.3. The third-order valence-corrected chi connectivity index (χ3v) is 4.43. The minimum absolute atomic E-state index is 0.571. The van der Waals surface area contributed by atoms with Crippen LogP contribution in [0.1, 0.15) is 25.0 Å². The summed E-state index contributed by atoms with van der Waals surface area (Å²) in [4.78, 5) is 9.25. The van der Waals surface area contributed by atoms with Gasteiger partial charge in [-0.1, -0.05) is 42.5 Å². The SMILES string of the molecule is CCNC(=NCc1ccccc1OCC)NCCc1cccc2cccnc12. The molecule has 0 atom stereocenters. The number of fused-ring (bicyclic) bond motifs is 1. The Hall–Kier alpha value is -3.08. The van der Waals surface area contributed by atoms with Gasteiger partial charge in [0, 0.05) is 30.2 Å². The maximum Gasteiger partial charge on any atom is 0.191 e. The van der Waals surface area contributed by atoms with Crippen LogP contribution in [-0.4, -0.2) is 30.6 Å². The lowest BCUT2D eigenvalue weighted by Gasteiger charge is -2.13. The molecular weight excluding hydrogens is 348 g/mol. The van der Waals surface area contributed by atoms with Gasteiger partial charge in [-0.05, 0) is 38.0 Å². The Morgan fingerprint density at radius 1 is 0.964 bits per heavy atom. The maximum absolute atomic E-state index is 5.69. The van der Waals surface area contributed by atoms with Gasteiger partial charge in [0.25, 0.3) is 0 Å². The molecule has 0 bridgehead atoms. The van der Waals surface area contributed by atoms with Crippen LogP contribution < -0.4 is 15.4 Å². The zero-order valence-corrected chi connectivity index (χ0v) is 16.6. The van der Waals surface area contributed by atoms with Crippen molar-refractivity contribution in [1.29, 1.82) is 0 Å². The van der Waals surface area contributed by atoms with Crippen molar-refractivity contribution in [2.75, 3.05) is 19.7 Å². The smallest absolute Gasteiger partial charge is 0.191 e. The molecule has 3 aromatic rings. The van der Waals surface area contributed by atoms with Gasteiger partial charge >= 0.3 is 0 Å². The highest BCUT2D eigenvalue weighted by atomic mass is 16.5. The van der Waals surface area contributed by atoms with E-state index in [0.29, 0.717) is 13.2 Å². The van der Waals surface area contributed by atoms with Crippen molar-refractivity contribution >= 4 is 16.9 Å². The van der Waals surface area contributed by atoms with Gasteiger partial charge in [0.2, 0.25) is 0 Å². The van der Waals surface area contributed by atoms with Crippen LogP contribution in [0.4, 0.5) is 0 Å². The Bertz CT molecular complexity index is 918. The first-order valence-electron chi connectivity index (χ1n) is 9.87. The molecule has 28 heavy (non-hydrogen) atoms. The Kier molecular flexibility index (Phi) is 7.24. The summed E-state index contributed by atoms with van der Waals surface area (Å²) in [6.45, 7) is 6.89. The number of pyridine rings is 1. The summed E-state index contributed by atoms with van der Waals surface area (Å²) < 4.78 is 5.69. The van der Waals surface area contributed by atoms with Gasteiger partial charge in [-0.2, -0.15) is 0 Å². The van der Waals surface area contributed by atoms with Gasteiger partial charge < -0.3 is 15.4 Å². The van der Waals surface area contributed by atoms with Gasteiger partial charge in [0.15, 0.2) is 5.96 Å². The molecule has 0 aliphatic rings. The van der Waals surface area contributed by atoms with Gasteiger partial charge in [-0.25, -0.2) is 4.99 Å². The highest BCUT2D eigenvalue weighted by Gasteiger charge is 2.05. The van der Waals surface area contributed by atoms with Crippen LogP contribution in [-0.2, 0) is 13.0 Å². The van der Waals surface area contributed by atoms with Gasteiger partial charge in [0.1, 0.15) is 5.75 Å². The Morgan fingerprint density at radius 3 is 2.64 bits per heavy atom. The lowest BCUT2D eigenvalue weighted by molar-refractivity contribution is 0.336. The first-order valence-corrected chi connectivity index (χ1v) is 9.87. The van der Waals surface area contributed by atoms with Crippen molar-refractivity contribution in [3.8, 4) is 5.75 Å². The summed E-state index contributed by atoms with van der Waals surface area (Å²) in [5, 5.41) is 7.91. The zero-order valence-electron chi connectivity index (χ0n) is 16.6. The van der Waals surface area contributed by atoms with Crippen molar-refractivity contribution in [3.63, 3.8) is 0 Å². The molecular formula is C23H28N4O. The van der Waals surface area contributed by atoms with E-state index < -0.39 is 0 Å². The number of rotatable bonds is 8. The topological polar surface area (TPSA) is 58.5 Å². The molecule has 0 saturated heterocycles. The fraction of sp³-hybridized carbons (Fsp3) is 0.304. The quantitative estimate of drug-likeness (QED) is 0.462. The molecule has 0 aliphatic carbocycles. The van der Waals surface area contributed by atoms with Crippen LogP contribution in [0.5, 0.6) is 5.75 Å². The van der Waals surface area contributed by atoms with Crippen LogP contribution in [0.25, 0.3) is 10.9 Å². The molecule has 0 unspecified atom stereocenters. The average Bonchev–Trinajstić information content (AvgIpc) is 2.73. The largest absolute Gasteiger partial charge is 0.494 e. The number of hydrogen-bond donors (Lipinski definition) is 2. The highest BCUT2D eigenvalue weighted by molar-refractivity contribution is 5.82. The van der Waals surface area contributed by atoms with E-state index in [-0.39, 0.29) is 0 Å². The fourth-order valence-corrected chi connectivity index (χ4v) is 3.12. The van der Waals surface area contributed by atoms with Crippen LogP contribution in [0.15, 0.2) is 65.8 Å². The first-order chi connectivity index (χ1) is 13.8. The summed E-state index contributed by atoms with van der Waals surface area (Å²) in [6, 6.07) is 18.4. The van der Waals surface area contributed by atoms with Crippen molar-refractivity contribution in [2.45, 2.75) is 26.8 Å². The van der Waals surface area contributed by atoms with E-state index in [0.717, 1.165) is 42.3 Å². The van der Waals surface area contributed by atoms with Gasteiger partial charge in [-0.3, -0.25) is 4.98 Å².